The van der Waals surface area contributed by atoms with Crippen molar-refractivity contribution in [1.29, 1.82) is 0 Å². The van der Waals surface area contributed by atoms with Crippen LogP contribution >= 0.6 is 23.2 Å². The smallest absolute Gasteiger partial charge is 0.332 e. The van der Waals surface area contributed by atoms with Crippen molar-refractivity contribution in [3.8, 4) is 0 Å². The van der Waals surface area contributed by atoms with E-state index in [1.807, 2.05) is 12.1 Å². The van der Waals surface area contributed by atoms with Crippen LogP contribution in [0, 0.1) is 0 Å². The Morgan fingerprint density at radius 2 is 1.59 bits per heavy atom. The molecule has 0 saturated heterocycles. The van der Waals surface area contributed by atoms with Crippen molar-refractivity contribution in [2.24, 2.45) is 14.1 Å². The zero-order valence-electron chi connectivity index (χ0n) is 18.3. The minimum Gasteiger partial charge on any atom is -0.481 e. The van der Waals surface area contributed by atoms with Crippen LogP contribution in [0.3, 0.4) is 0 Å². The number of carboxylic acids is 1. The Balaban J connectivity index is 0.000000636. The number of anilines is 1. The maximum absolute atomic E-state index is 13.4. The van der Waals surface area contributed by atoms with E-state index in [9.17, 15) is 14.4 Å². The number of rotatable bonds is 1. The maximum atomic E-state index is 13.4. The van der Waals surface area contributed by atoms with E-state index in [1.165, 1.54) is 11.6 Å². The molecule has 1 atom stereocenters. The number of hydrogen-bond acceptors (Lipinski definition) is 5. The van der Waals surface area contributed by atoms with E-state index in [-0.39, 0.29) is 5.78 Å². The third-order valence-corrected chi connectivity index (χ3v) is 6.49. The fourth-order valence-electron chi connectivity index (χ4n) is 4.28. The number of allylic oxidation sites excluding steroid dienone is 1. The molecule has 1 unspecified atom stereocenters. The topological polar surface area (TPSA) is 110 Å². The van der Waals surface area contributed by atoms with Crippen molar-refractivity contribution in [1.82, 2.24) is 9.13 Å². The molecule has 2 heterocycles. The highest BCUT2D eigenvalue weighted by atomic mass is 35.5. The highest BCUT2D eigenvalue weighted by Gasteiger charge is 2.42. The number of aliphatic carboxylic acids is 1. The number of carbonyl (C=O) groups is 2. The normalized spacial score (nSPS) is 15.6. The number of hydrogen-bond donors (Lipinski definition) is 2. The lowest BCUT2D eigenvalue weighted by Gasteiger charge is -2.29. The van der Waals surface area contributed by atoms with Gasteiger partial charge in [0.25, 0.3) is 11.5 Å². The highest BCUT2D eigenvalue weighted by molar-refractivity contribution is 6.42. The van der Waals surface area contributed by atoms with Gasteiger partial charge in [-0.1, -0.05) is 53.5 Å². The third-order valence-electron chi connectivity index (χ3n) is 5.75. The van der Waals surface area contributed by atoms with Crippen molar-refractivity contribution >= 4 is 46.5 Å². The Morgan fingerprint density at radius 1 is 0.971 bits per heavy atom. The number of halogens is 2. The summed E-state index contributed by atoms with van der Waals surface area (Å²) in [5, 5.41) is 11.3. The third kappa shape index (κ3) is 3.65. The minimum absolute atomic E-state index is 0.161. The van der Waals surface area contributed by atoms with Crippen LogP contribution in [0.25, 0.3) is 5.70 Å². The highest BCUT2D eigenvalue weighted by Crippen LogP contribution is 2.48. The molecule has 2 aliphatic rings. The molecule has 0 radical (unpaired) electrons. The van der Waals surface area contributed by atoms with Gasteiger partial charge in [0.2, 0.25) is 0 Å². The van der Waals surface area contributed by atoms with Gasteiger partial charge in [-0.05, 0) is 17.7 Å². The van der Waals surface area contributed by atoms with Crippen molar-refractivity contribution in [3.05, 3.63) is 101 Å². The lowest BCUT2D eigenvalue weighted by atomic mass is 9.81. The van der Waals surface area contributed by atoms with Crippen LogP contribution in [0.15, 0.2) is 57.6 Å². The molecule has 10 heteroatoms. The lowest BCUT2D eigenvalue weighted by Crippen LogP contribution is -2.42. The van der Waals surface area contributed by atoms with E-state index in [1.54, 1.807) is 37.4 Å². The average Bonchev–Trinajstić information content (AvgIpc) is 3.08. The summed E-state index contributed by atoms with van der Waals surface area (Å²) in [6, 6.07) is 12.3. The predicted molar refractivity (Wildman–Crippen MR) is 130 cm³/mol. The zero-order valence-corrected chi connectivity index (χ0v) is 19.9. The molecule has 1 aromatic heterocycles. The Hall–Kier alpha value is -3.62. The van der Waals surface area contributed by atoms with Gasteiger partial charge in [0.1, 0.15) is 5.82 Å². The number of ketones is 1. The number of Topliss-reactive ketones (excluding diaryl/α,β-unsaturated/α-hetero) is 1. The predicted octanol–water partition coefficient (Wildman–Crippen LogP) is 3.65. The first-order valence-electron chi connectivity index (χ1n) is 10.1. The van der Waals surface area contributed by atoms with Gasteiger partial charge in [-0.3, -0.25) is 23.5 Å². The van der Waals surface area contributed by atoms with E-state index in [4.69, 9.17) is 33.1 Å². The fourth-order valence-corrected chi connectivity index (χ4v) is 4.59. The molecular formula is C24H19Cl2N3O5. The minimum atomic E-state index is -0.833. The molecule has 174 valence electrons. The van der Waals surface area contributed by atoms with Gasteiger partial charge < -0.3 is 10.4 Å². The second-order valence-electron chi connectivity index (χ2n) is 7.88. The molecular weight excluding hydrogens is 481 g/mol. The number of aromatic nitrogens is 2. The second-order valence-corrected chi connectivity index (χ2v) is 8.70. The SMILES string of the molecule is CC(=O)O.Cn1c2c(c(=O)n(C)c1=O)C(c1ccc(Cl)c(Cl)c1)C1=C(N2)c2ccccc2C1=O. The van der Waals surface area contributed by atoms with Crippen LogP contribution in [0.5, 0.6) is 0 Å². The summed E-state index contributed by atoms with van der Waals surface area (Å²) in [5.41, 5.74) is 2.39. The number of nitrogens with zero attached hydrogens (tertiary/aromatic N) is 2. The lowest BCUT2D eigenvalue weighted by molar-refractivity contribution is -0.134. The second kappa shape index (κ2) is 8.62. The standard InChI is InChI=1S/C22H15Cl2N3O3.C2H4O2/c1-26-20-17(21(29)27(2)22(26)30)15(10-7-8-13(23)14(24)9-10)16-18(25-20)11-5-3-4-6-12(11)19(16)28;1-2(3)4/h3-9,15,25H,1-2H3;1H3,(H,3,4). The molecule has 5 rings (SSSR count). The molecule has 3 aromatic rings. The van der Waals surface area contributed by atoms with Crippen LogP contribution in [-0.2, 0) is 18.9 Å². The van der Waals surface area contributed by atoms with E-state index in [2.05, 4.69) is 5.32 Å². The van der Waals surface area contributed by atoms with Gasteiger partial charge in [0.05, 0.1) is 21.3 Å². The molecule has 2 aromatic carbocycles. The first kappa shape index (κ1) is 23.5. The van der Waals surface area contributed by atoms with Crippen LogP contribution in [0.1, 0.15) is 39.9 Å². The van der Waals surface area contributed by atoms with Gasteiger partial charge in [0.15, 0.2) is 5.78 Å². The van der Waals surface area contributed by atoms with Crippen molar-refractivity contribution in [2.75, 3.05) is 5.32 Å². The van der Waals surface area contributed by atoms with Gasteiger partial charge in [-0.25, -0.2) is 4.79 Å². The van der Waals surface area contributed by atoms with Crippen LogP contribution in [0.2, 0.25) is 10.0 Å². The summed E-state index contributed by atoms with van der Waals surface area (Å²) in [5.74, 6) is -1.33. The number of carbonyl (C=O) groups excluding carboxylic acids is 1. The fraction of sp³-hybridized carbons (Fsp3) is 0.167. The largest absolute Gasteiger partial charge is 0.481 e. The Morgan fingerprint density at radius 3 is 2.21 bits per heavy atom. The van der Waals surface area contributed by atoms with Crippen molar-refractivity contribution in [2.45, 2.75) is 12.8 Å². The van der Waals surface area contributed by atoms with E-state index >= 15 is 0 Å². The van der Waals surface area contributed by atoms with Gasteiger partial charge >= 0.3 is 5.69 Å². The Kier molecular flexibility index (Phi) is 5.97. The summed E-state index contributed by atoms with van der Waals surface area (Å²) in [6.07, 6.45) is 0. The average molecular weight is 500 g/mol. The van der Waals surface area contributed by atoms with Crippen LogP contribution < -0.4 is 16.6 Å². The molecule has 0 amide bonds. The summed E-state index contributed by atoms with van der Waals surface area (Å²) < 4.78 is 2.43. The molecule has 1 aliphatic heterocycles. The summed E-state index contributed by atoms with van der Waals surface area (Å²) >= 11 is 12.4. The monoisotopic (exact) mass is 499 g/mol. The number of fused-ring (bicyclic) bond motifs is 3. The number of carboxylic acid groups (broad SMARTS) is 1. The quantitative estimate of drug-likeness (QED) is 0.528. The number of nitrogens with one attached hydrogen (secondary N) is 1. The van der Waals surface area contributed by atoms with E-state index < -0.39 is 23.1 Å². The van der Waals surface area contributed by atoms with E-state index in [0.717, 1.165) is 17.1 Å². The van der Waals surface area contributed by atoms with Crippen LogP contribution in [-0.4, -0.2) is 26.0 Å². The Bertz CT molecular complexity index is 1530. The van der Waals surface area contributed by atoms with Gasteiger partial charge in [-0.15, -0.1) is 0 Å². The molecule has 0 saturated carbocycles. The van der Waals surface area contributed by atoms with Crippen LogP contribution in [0.4, 0.5) is 5.82 Å². The maximum Gasteiger partial charge on any atom is 0.332 e. The molecule has 2 N–H and O–H groups in total. The molecule has 0 bridgehead atoms. The van der Waals surface area contributed by atoms with Gasteiger partial charge in [0, 0.05) is 43.6 Å². The Labute approximate surface area is 203 Å². The molecule has 8 nitrogen and oxygen atoms in total. The molecule has 34 heavy (non-hydrogen) atoms. The van der Waals surface area contributed by atoms with Gasteiger partial charge in [-0.2, -0.15) is 0 Å². The molecule has 1 aliphatic carbocycles. The summed E-state index contributed by atoms with van der Waals surface area (Å²) in [6.45, 7) is 1.08. The summed E-state index contributed by atoms with van der Waals surface area (Å²) in [4.78, 5) is 48.2. The molecule has 0 spiro atoms. The van der Waals surface area contributed by atoms with Crippen molar-refractivity contribution in [3.63, 3.8) is 0 Å². The zero-order chi connectivity index (χ0) is 24.9. The van der Waals surface area contributed by atoms with E-state index in [0.29, 0.717) is 43.8 Å². The number of benzene rings is 2. The first-order chi connectivity index (χ1) is 16.0. The first-order valence-corrected chi connectivity index (χ1v) is 10.9. The summed E-state index contributed by atoms with van der Waals surface area (Å²) in [7, 11) is 3.01. The molecule has 0 fully saturated rings. The van der Waals surface area contributed by atoms with Crippen molar-refractivity contribution < 1.29 is 14.7 Å².